The summed E-state index contributed by atoms with van der Waals surface area (Å²) in [5.41, 5.74) is 17.4. The average molecular weight is 695 g/mol. The van der Waals surface area contributed by atoms with Crippen molar-refractivity contribution in [2.24, 2.45) is 0 Å². The lowest BCUT2D eigenvalue weighted by atomic mass is 10.1. The minimum Gasteiger partial charge on any atom is -0.399 e. The second kappa shape index (κ2) is 16.3. The van der Waals surface area contributed by atoms with Gasteiger partial charge in [-0.05, 0) is 72.5 Å². The zero-order valence-electron chi connectivity index (χ0n) is 28.8. The highest BCUT2D eigenvalue weighted by molar-refractivity contribution is 5.58. The van der Waals surface area contributed by atoms with E-state index in [1.807, 2.05) is 109 Å². The highest BCUT2D eigenvalue weighted by atomic mass is 15.4. The molecule has 0 atom stereocenters. The van der Waals surface area contributed by atoms with E-state index < -0.39 is 0 Å². The van der Waals surface area contributed by atoms with Crippen LogP contribution in [0.1, 0.15) is 11.1 Å². The molecule has 1 aliphatic heterocycles. The lowest BCUT2D eigenvalue weighted by molar-refractivity contribution is 0.626. The third-order valence-corrected chi connectivity index (χ3v) is 8.51. The largest absolute Gasteiger partial charge is 0.399 e. The van der Waals surface area contributed by atoms with Crippen molar-refractivity contribution in [1.29, 1.82) is 0 Å². The second-order valence-electron chi connectivity index (χ2n) is 12.4. The van der Waals surface area contributed by atoms with Gasteiger partial charge in [-0.2, -0.15) is 29.9 Å². The Morgan fingerprint density at radius 1 is 0.442 bits per heavy atom. The topological polar surface area (TPSA) is 184 Å². The second-order valence-corrected chi connectivity index (χ2v) is 12.4. The molecule has 0 radical (unpaired) electrons. The van der Waals surface area contributed by atoms with Crippen molar-refractivity contribution >= 4 is 58.4 Å². The van der Waals surface area contributed by atoms with Crippen LogP contribution in [-0.2, 0) is 12.8 Å². The van der Waals surface area contributed by atoms with Gasteiger partial charge < -0.3 is 42.5 Å². The monoisotopic (exact) mass is 694 g/mol. The molecule has 0 bridgehead atoms. The molecule has 14 heteroatoms. The first kappa shape index (κ1) is 33.8. The molecule has 0 aliphatic carbocycles. The molecule has 0 unspecified atom stereocenters. The van der Waals surface area contributed by atoms with E-state index >= 15 is 0 Å². The highest BCUT2D eigenvalue weighted by Crippen LogP contribution is 2.23. The van der Waals surface area contributed by atoms with E-state index in [1.165, 1.54) is 11.1 Å². The molecule has 1 fully saturated rings. The first-order chi connectivity index (χ1) is 25.5. The fourth-order valence-electron chi connectivity index (χ4n) is 5.70. The highest BCUT2D eigenvalue weighted by Gasteiger charge is 2.23. The van der Waals surface area contributed by atoms with Crippen molar-refractivity contribution in [2.45, 2.75) is 12.8 Å². The SMILES string of the molecule is Nc1ccc(CCNc2nc(Nc3ccccc3)nc(N3CCN(c4nc(NCCc5ccc(N)cc5)nc(Nc5ccccc5)n4)CC3)n2)cc1. The summed E-state index contributed by atoms with van der Waals surface area (Å²) in [5, 5.41) is 13.5. The molecule has 52 heavy (non-hydrogen) atoms. The molecular formula is C38H42N14. The quantitative estimate of drug-likeness (QED) is 0.0803. The molecule has 3 heterocycles. The van der Waals surface area contributed by atoms with E-state index in [0.717, 1.165) is 35.6 Å². The Kier molecular flexibility index (Phi) is 10.6. The molecular weight excluding hydrogens is 653 g/mol. The predicted molar refractivity (Wildman–Crippen MR) is 210 cm³/mol. The molecule has 6 aromatic rings. The van der Waals surface area contributed by atoms with Crippen LogP contribution in [0.2, 0.25) is 0 Å². The fourth-order valence-corrected chi connectivity index (χ4v) is 5.70. The number of nitrogens with one attached hydrogen (secondary N) is 4. The smallest absolute Gasteiger partial charge is 0.233 e. The molecule has 0 amide bonds. The molecule has 1 saturated heterocycles. The van der Waals surface area contributed by atoms with Crippen LogP contribution in [0.4, 0.5) is 58.4 Å². The van der Waals surface area contributed by atoms with Crippen molar-refractivity contribution < 1.29 is 0 Å². The van der Waals surface area contributed by atoms with Gasteiger partial charge in [-0.25, -0.2) is 0 Å². The molecule has 7 rings (SSSR count). The van der Waals surface area contributed by atoms with Gasteiger partial charge >= 0.3 is 0 Å². The molecule has 8 N–H and O–H groups in total. The molecule has 4 aromatic carbocycles. The van der Waals surface area contributed by atoms with Gasteiger partial charge in [0.1, 0.15) is 0 Å². The number of hydrogen-bond acceptors (Lipinski definition) is 14. The maximum absolute atomic E-state index is 5.86. The lowest BCUT2D eigenvalue weighted by Gasteiger charge is -2.35. The summed E-state index contributed by atoms with van der Waals surface area (Å²) in [5.74, 6) is 3.13. The summed E-state index contributed by atoms with van der Waals surface area (Å²) in [6.45, 7) is 3.95. The van der Waals surface area contributed by atoms with Crippen LogP contribution in [0, 0.1) is 0 Å². The van der Waals surface area contributed by atoms with E-state index in [9.17, 15) is 0 Å². The lowest BCUT2D eigenvalue weighted by Crippen LogP contribution is -2.48. The van der Waals surface area contributed by atoms with E-state index in [4.69, 9.17) is 31.4 Å². The number of nitrogens with zero attached hydrogens (tertiary/aromatic N) is 8. The minimum absolute atomic E-state index is 0.470. The maximum atomic E-state index is 5.86. The summed E-state index contributed by atoms with van der Waals surface area (Å²) in [6, 6.07) is 35.5. The van der Waals surface area contributed by atoms with Crippen LogP contribution in [0.5, 0.6) is 0 Å². The molecule has 2 aromatic heterocycles. The van der Waals surface area contributed by atoms with Gasteiger partial charge in [-0.15, -0.1) is 0 Å². The van der Waals surface area contributed by atoms with Gasteiger partial charge in [0.25, 0.3) is 0 Å². The Morgan fingerprint density at radius 2 is 0.808 bits per heavy atom. The Bertz CT molecular complexity index is 1870. The van der Waals surface area contributed by atoms with Crippen LogP contribution in [0.15, 0.2) is 109 Å². The molecule has 1 aliphatic rings. The number of hydrogen-bond donors (Lipinski definition) is 6. The summed E-state index contributed by atoms with van der Waals surface area (Å²) >= 11 is 0. The number of rotatable bonds is 14. The summed E-state index contributed by atoms with van der Waals surface area (Å²) in [4.78, 5) is 33.0. The van der Waals surface area contributed by atoms with Crippen LogP contribution < -0.4 is 42.5 Å². The Morgan fingerprint density at radius 3 is 1.19 bits per heavy atom. The van der Waals surface area contributed by atoms with Gasteiger partial charge in [0.2, 0.25) is 35.7 Å². The number of nitrogen functional groups attached to an aromatic ring is 2. The van der Waals surface area contributed by atoms with Crippen molar-refractivity contribution in [2.75, 3.05) is 81.8 Å². The van der Waals surface area contributed by atoms with Crippen molar-refractivity contribution in [3.05, 3.63) is 120 Å². The Hall–Kier alpha value is -6.70. The zero-order chi connectivity index (χ0) is 35.5. The van der Waals surface area contributed by atoms with Crippen molar-refractivity contribution in [1.82, 2.24) is 29.9 Å². The summed E-state index contributed by atoms with van der Waals surface area (Å²) in [6.07, 6.45) is 1.60. The van der Waals surface area contributed by atoms with E-state index in [1.54, 1.807) is 0 Å². The Balaban J connectivity index is 1.05. The minimum atomic E-state index is 0.470. The standard InChI is InChI=1S/C38H42N14/c39-29-15-11-27(12-16-29)19-21-41-33-45-35(43-31-7-3-1-4-8-31)49-37(47-33)51-23-25-52(26-24-51)38-48-34(42-22-20-28-13-17-30(40)18-14-28)46-36(50-38)44-32-9-5-2-6-10-32/h1-18H,19-26,39-40H2,(H2,41,43,45,47,49)(H2,42,44,46,48,50). The first-order valence-electron chi connectivity index (χ1n) is 17.4. The number of anilines is 10. The van der Waals surface area contributed by atoms with Crippen molar-refractivity contribution in [3.8, 4) is 0 Å². The van der Waals surface area contributed by atoms with E-state index in [0.29, 0.717) is 75.0 Å². The van der Waals surface area contributed by atoms with Gasteiger partial charge in [0.15, 0.2) is 0 Å². The van der Waals surface area contributed by atoms with Crippen LogP contribution >= 0.6 is 0 Å². The van der Waals surface area contributed by atoms with Crippen LogP contribution in [-0.4, -0.2) is 69.2 Å². The number of para-hydroxylation sites is 2. The van der Waals surface area contributed by atoms with Crippen molar-refractivity contribution in [3.63, 3.8) is 0 Å². The molecule has 0 spiro atoms. The van der Waals surface area contributed by atoms with Gasteiger partial charge in [0.05, 0.1) is 0 Å². The molecule has 14 nitrogen and oxygen atoms in total. The van der Waals surface area contributed by atoms with Gasteiger partial charge in [-0.3, -0.25) is 0 Å². The number of nitrogens with two attached hydrogens (primary N) is 2. The summed E-state index contributed by atoms with van der Waals surface area (Å²) < 4.78 is 0. The van der Waals surface area contributed by atoms with Crippen LogP contribution in [0.25, 0.3) is 0 Å². The summed E-state index contributed by atoms with van der Waals surface area (Å²) in [7, 11) is 0. The third kappa shape index (κ3) is 9.29. The number of benzene rings is 4. The normalized spacial score (nSPS) is 12.7. The number of aromatic nitrogens is 6. The maximum Gasteiger partial charge on any atom is 0.233 e. The van der Waals surface area contributed by atoms with Gasteiger partial charge in [-0.1, -0.05) is 60.7 Å². The Labute approximate surface area is 302 Å². The molecule has 264 valence electrons. The first-order valence-corrected chi connectivity index (χ1v) is 17.4. The van der Waals surface area contributed by atoms with E-state index in [2.05, 4.69) is 41.0 Å². The zero-order valence-corrected chi connectivity index (χ0v) is 28.8. The fraction of sp³-hybridized carbons (Fsp3) is 0.211. The number of piperazine rings is 1. The average Bonchev–Trinajstić information content (AvgIpc) is 3.17. The predicted octanol–water partition coefficient (Wildman–Crippen LogP) is 5.34. The van der Waals surface area contributed by atoms with Gasteiger partial charge in [0, 0.05) is 62.0 Å². The third-order valence-electron chi connectivity index (χ3n) is 8.51. The van der Waals surface area contributed by atoms with Crippen LogP contribution in [0.3, 0.4) is 0 Å². The molecule has 0 saturated carbocycles. The van der Waals surface area contributed by atoms with E-state index in [-0.39, 0.29) is 0 Å².